The first-order valence-corrected chi connectivity index (χ1v) is 3.77. The van der Waals surface area contributed by atoms with Gasteiger partial charge in [0.2, 0.25) is 0 Å². The minimum Gasteiger partial charge on any atom is -0.423 e. The fourth-order valence-corrected chi connectivity index (χ4v) is 1.25. The number of aryl methyl sites for hydroxylation is 1. The van der Waals surface area contributed by atoms with Crippen molar-refractivity contribution in [2.45, 2.75) is 6.92 Å². The molecule has 60 valence electrons. The van der Waals surface area contributed by atoms with Gasteiger partial charge in [-0.3, -0.25) is 0 Å². The Morgan fingerprint density at radius 3 is 2.83 bits per heavy atom. The number of hydrogen-bond acceptors (Lipinski definition) is 2. The zero-order chi connectivity index (χ0) is 8.55. The van der Waals surface area contributed by atoms with Gasteiger partial charge in [0.1, 0.15) is 5.76 Å². The van der Waals surface area contributed by atoms with E-state index in [1.54, 1.807) is 6.07 Å². The molecule has 1 aliphatic carbocycles. The Balaban J connectivity index is 2.87. The fourth-order valence-electron chi connectivity index (χ4n) is 1.25. The van der Waals surface area contributed by atoms with Gasteiger partial charge in [0.15, 0.2) is 0 Å². The quantitative estimate of drug-likeness (QED) is 0.590. The second-order valence-corrected chi connectivity index (χ2v) is 2.74. The molecule has 0 aromatic rings. The molecule has 0 N–H and O–H groups in total. The summed E-state index contributed by atoms with van der Waals surface area (Å²) >= 11 is 0. The maximum absolute atomic E-state index is 10.9. The Morgan fingerprint density at radius 2 is 2.00 bits per heavy atom. The van der Waals surface area contributed by atoms with Crippen molar-refractivity contribution < 1.29 is 4.42 Å². The third-order valence-corrected chi connectivity index (χ3v) is 1.87. The van der Waals surface area contributed by atoms with Crippen molar-refractivity contribution >= 4 is 0 Å². The molecule has 0 saturated carbocycles. The molecule has 2 aliphatic rings. The van der Waals surface area contributed by atoms with E-state index in [0.29, 0.717) is 5.76 Å². The first-order valence-electron chi connectivity index (χ1n) is 3.77. The molecule has 0 unspecified atom stereocenters. The molecule has 12 heavy (non-hydrogen) atoms. The van der Waals surface area contributed by atoms with Crippen LogP contribution in [0.5, 0.6) is 0 Å². The van der Waals surface area contributed by atoms with E-state index in [1.165, 1.54) is 6.07 Å². The molecule has 0 fully saturated rings. The second kappa shape index (κ2) is 2.48. The van der Waals surface area contributed by atoms with Crippen LogP contribution >= 0.6 is 0 Å². The number of fused-ring (bicyclic) bond motifs is 1. The van der Waals surface area contributed by atoms with Crippen LogP contribution in [-0.2, 0) is 0 Å². The molecule has 0 saturated heterocycles. The van der Waals surface area contributed by atoms with Crippen molar-refractivity contribution in [1.29, 1.82) is 0 Å². The van der Waals surface area contributed by atoms with Crippen LogP contribution in [0.4, 0.5) is 0 Å². The van der Waals surface area contributed by atoms with Crippen molar-refractivity contribution in [2.75, 3.05) is 0 Å². The summed E-state index contributed by atoms with van der Waals surface area (Å²) in [4.78, 5) is 10.9. The summed E-state index contributed by atoms with van der Waals surface area (Å²) in [6.07, 6.45) is 0. The van der Waals surface area contributed by atoms with Crippen LogP contribution in [-0.4, -0.2) is 0 Å². The molecule has 0 aromatic carbocycles. The Bertz CT molecular complexity index is 428. The average molecular weight is 160 g/mol. The third kappa shape index (κ3) is 1.01. The standard InChI is InChI=1S/C10H8O2/c1-7-4-2-3-5-9-8(7)6-10(11)12-9/h2-6H,1H3. The normalized spacial score (nSPS) is 10.4. The molecule has 0 bridgehead atoms. The van der Waals surface area contributed by atoms with E-state index in [9.17, 15) is 4.79 Å². The molecule has 2 heteroatoms. The highest BCUT2D eigenvalue weighted by atomic mass is 16.4. The lowest BCUT2D eigenvalue weighted by Crippen LogP contribution is -1.84. The third-order valence-electron chi connectivity index (χ3n) is 1.87. The topological polar surface area (TPSA) is 30.2 Å². The molecule has 1 heterocycles. The van der Waals surface area contributed by atoms with Crippen LogP contribution in [0.2, 0.25) is 0 Å². The predicted octanol–water partition coefficient (Wildman–Crippen LogP) is 2.05. The largest absolute Gasteiger partial charge is 0.423 e. The van der Waals surface area contributed by atoms with Crippen LogP contribution in [0.15, 0.2) is 39.5 Å². The SMILES string of the molecule is Cc1ccccc2oc(=O)cc1-2. The van der Waals surface area contributed by atoms with Gasteiger partial charge in [-0.1, -0.05) is 18.2 Å². The van der Waals surface area contributed by atoms with Gasteiger partial charge >= 0.3 is 5.63 Å². The van der Waals surface area contributed by atoms with E-state index in [1.807, 2.05) is 25.1 Å². The van der Waals surface area contributed by atoms with E-state index >= 15 is 0 Å². The lowest BCUT2D eigenvalue weighted by Gasteiger charge is -1.90. The summed E-state index contributed by atoms with van der Waals surface area (Å²) in [7, 11) is 0. The first-order chi connectivity index (χ1) is 5.77. The second-order valence-electron chi connectivity index (χ2n) is 2.74. The van der Waals surface area contributed by atoms with Crippen LogP contribution in [0, 0.1) is 6.92 Å². The first kappa shape index (κ1) is 7.10. The molecular weight excluding hydrogens is 152 g/mol. The van der Waals surface area contributed by atoms with Crippen LogP contribution < -0.4 is 5.63 Å². The van der Waals surface area contributed by atoms with Gasteiger partial charge in [0, 0.05) is 11.6 Å². The zero-order valence-corrected chi connectivity index (χ0v) is 6.70. The van der Waals surface area contributed by atoms with E-state index in [2.05, 4.69) is 0 Å². The van der Waals surface area contributed by atoms with E-state index < -0.39 is 0 Å². The highest BCUT2D eigenvalue weighted by molar-refractivity contribution is 5.61. The number of hydrogen-bond donors (Lipinski definition) is 0. The van der Waals surface area contributed by atoms with E-state index in [0.717, 1.165) is 11.1 Å². The van der Waals surface area contributed by atoms with Gasteiger partial charge in [-0.15, -0.1) is 0 Å². The molecule has 0 atom stereocenters. The highest BCUT2D eigenvalue weighted by Gasteiger charge is 2.07. The van der Waals surface area contributed by atoms with Crippen LogP contribution in [0.1, 0.15) is 5.56 Å². The lowest BCUT2D eigenvalue weighted by atomic mass is 10.1. The summed E-state index contributed by atoms with van der Waals surface area (Å²) in [6.45, 7) is 1.96. The number of rotatable bonds is 0. The fraction of sp³-hybridized carbons (Fsp3) is 0.100. The van der Waals surface area contributed by atoms with E-state index in [4.69, 9.17) is 4.42 Å². The molecule has 2 rings (SSSR count). The molecular formula is C10H8O2. The smallest absolute Gasteiger partial charge is 0.336 e. The summed E-state index contributed by atoms with van der Waals surface area (Å²) in [5.41, 5.74) is 1.67. The Labute approximate surface area is 69.8 Å². The highest BCUT2D eigenvalue weighted by Crippen LogP contribution is 2.21. The molecule has 1 aliphatic heterocycles. The molecule has 0 spiro atoms. The number of furan rings is 1. The lowest BCUT2D eigenvalue weighted by molar-refractivity contribution is 0.545. The average Bonchev–Trinajstić information content (AvgIpc) is 2.33. The molecule has 2 nitrogen and oxygen atoms in total. The zero-order valence-electron chi connectivity index (χ0n) is 6.70. The van der Waals surface area contributed by atoms with Crippen LogP contribution in [0.25, 0.3) is 11.3 Å². The minimum atomic E-state index is -0.278. The summed E-state index contributed by atoms with van der Waals surface area (Å²) in [5.74, 6) is 0.655. The molecule has 0 radical (unpaired) electrons. The minimum absolute atomic E-state index is 0.278. The summed E-state index contributed by atoms with van der Waals surface area (Å²) < 4.78 is 4.95. The monoisotopic (exact) mass is 160 g/mol. The van der Waals surface area contributed by atoms with Crippen molar-refractivity contribution in [2.24, 2.45) is 0 Å². The maximum Gasteiger partial charge on any atom is 0.336 e. The van der Waals surface area contributed by atoms with Gasteiger partial charge in [-0.25, -0.2) is 4.79 Å². The molecule has 0 aromatic heterocycles. The summed E-state index contributed by atoms with van der Waals surface area (Å²) in [5, 5.41) is 0. The van der Waals surface area contributed by atoms with Gasteiger partial charge in [-0.05, 0) is 18.6 Å². The van der Waals surface area contributed by atoms with Gasteiger partial charge in [0.05, 0.1) is 0 Å². The van der Waals surface area contributed by atoms with Gasteiger partial charge < -0.3 is 4.42 Å². The van der Waals surface area contributed by atoms with Crippen molar-refractivity contribution in [3.05, 3.63) is 46.3 Å². The summed E-state index contributed by atoms with van der Waals surface area (Å²) in [6, 6.07) is 9.05. The van der Waals surface area contributed by atoms with Crippen LogP contribution in [0.3, 0.4) is 0 Å². The van der Waals surface area contributed by atoms with Gasteiger partial charge in [0.25, 0.3) is 0 Å². The van der Waals surface area contributed by atoms with Crippen molar-refractivity contribution in [3.8, 4) is 11.3 Å². The Hall–Kier alpha value is -1.57. The Kier molecular flexibility index (Phi) is 1.47. The molecule has 0 amide bonds. The maximum atomic E-state index is 10.9. The van der Waals surface area contributed by atoms with E-state index in [-0.39, 0.29) is 5.63 Å². The van der Waals surface area contributed by atoms with Crippen molar-refractivity contribution in [3.63, 3.8) is 0 Å². The van der Waals surface area contributed by atoms with Gasteiger partial charge in [-0.2, -0.15) is 0 Å². The predicted molar refractivity (Wildman–Crippen MR) is 46.3 cm³/mol. The Morgan fingerprint density at radius 1 is 1.25 bits per heavy atom. The van der Waals surface area contributed by atoms with Crippen molar-refractivity contribution in [1.82, 2.24) is 0 Å².